The number of amides is 5. The van der Waals surface area contributed by atoms with E-state index in [-0.39, 0.29) is 44.6 Å². The van der Waals surface area contributed by atoms with Crippen LogP contribution in [0.25, 0.3) is 0 Å². The fourth-order valence-corrected chi connectivity index (χ4v) is 11.2. The zero-order valence-electron chi connectivity index (χ0n) is 51.4. The molecule has 47 heteroatoms. The average molecular weight is 1510 g/mol. The zero-order chi connectivity index (χ0) is 73.1. The molecule has 0 spiro atoms. The van der Waals surface area contributed by atoms with Gasteiger partial charge in [-0.05, 0) is 71.5 Å². The number of nitrogens with one attached hydrogen (secondary N) is 5. The highest BCUT2D eigenvalue weighted by molar-refractivity contribution is 8.00. The molecule has 0 saturated carbocycles. The Morgan fingerprint density at radius 3 is 1.80 bits per heavy atom. The summed E-state index contributed by atoms with van der Waals surface area (Å²) in [5.41, 5.74) is -0.749. The van der Waals surface area contributed by atoms with Crippen LogP contribution in [0.5, 0.6) is 23.5 Å². The Labute approximate surface area is 562 Å². The van der Waals surface area contributed by atoms with Crippen molar-refractivity contribution in [2.75, 3.05) is 83.4 Å². The lowest BCUT2D eigenvalue weighted by atomic mass is 10.2. The van der Waals surface area contributed by atoms with Crippen LogP contribution in [0, 0.1) is 5.82 Å². The van der Waals surface area contributed by atoms with E-state index < -0.39 is 129 Å². The normalized spacial score (nSPS) is 12.3. The molecule has 0 aliphatic carbocycles. The lowest BCUT2D eigenvalue weighted by Crippen LogP contribution is -2.36. The first-order valence-corrected chi connectivity index (χ1v) is 35.6. The van der Waals surface area contributed by atoms with Gasteiger partial charge in [-0.2, -0.15) is 45.9 Å². The van der Waals surface area contributed by atoms with Crippen molar-refractivity contribution >= 4 is 127 Å². The molecule has 4 aromatic heterocycles. The number of carbonyl (C=O) groups is 6. The highest BCUT2D eigenvalue weighted by Gasteiger charge is 2.28. The number of carboxylic acids is 2. The number of pyridine rings is 1. The van der Waals surface area contributed by atoms with Crippen molar-refractivity contribution < 1.29 is 116 Å². The molecule has 5 heterocycles. The lowest BCUT2D eigenvalue weighted by molar-refractivity contribution is -0.193. The van der Waals surface area contributed by atoms with Gasteiger partial charge in [0.15, 0.2) is 5.03 Å². The number of carbonyl (C=O) groups excluding carboxylic acids is 4. The molecule has 0 saturated heterocycles. The van der Waals surface area contributed by atoms with Gasteiger partial charge in [0.2, 0.25) is 40.2 Å². The van der Waals surface area contributed by atoms with E-state index in [1.54, 1.807) is 19.4 Å². The summed E-state index contributed by atoms with van der Waals surface area (Å²) < 4.78 is 152. The van der Waals surface area contributed by atoms with E-state index in [0.717, 1.165) is 54.1 Å². The van der Waals surface area contributed by atoms with Crippen LogP contribution >= 0.6 is 42.3 Å². The molecule has 7 rings (SSSR count). The summed E-state index contributed by atoms with van der Waals surface area (Å²) in [5.74, 6) is -7.21. The molecule has 0 bridgehead atoms. The van der Waals surface area contributed by atoms with Crippen molar-refractivity contribution in [2.45, 2.75) is 54.0 Å². The molecular formula is C50H59ClF5N14O21PS5. The minimum absolute atomic E-state index is 0.0605. The second-order valence-corrected chi connectivity index (χ2v) is 28.2. The zero-order valence-corrected chi connectivity index (χ0v) is 57.2. The van der Waals surface area contributed by atoms with E-state index in [4.69, 9.17) is 36.2 Å². The number of fused-ring (bicyclic) bond motifs is 1. The molecule has 1 atom stereocenters. The molecule has 1 aliphatic heterocycles. The number of aromatic carboxylic acids is 1. The van der Waals surface area contributed by atoms with Gasteiger partial charge < -0.3 is 53.1 Å². The number of ether oxygens (including phenoxy) is 5. The van der Waals surface area contributed by atoms with E-state index >= 15 is 0 Å². The maximum atomic E-state index is 14.3. The van der Waals surface area contributed by atoms with Gasteiger partial charge in [0.05, 0.1) is 87.0 Å². The minimum atomic E-state index is -4.71. The molecule has 35 nitrogen and oxygen atoms in total. The number of sulfonamides is 2. The molecule has 532 valence electrons. The SMILES string of the molecule is COC(=O)CSc1cc(/N=c2\sc(=O)n3n2CCCC3)c(F)cc1Cl.COc1cc(OC)nc(NC(=O)NS(=O)(=O)c2ncccc2C(=O)N(C)C)n1.C[S+](C)C.O=C(Nc1nc(OC(F)F)cc(OC(F)F)n1)NS(=O)(=O)c1ccccc1C(=O)O.O=C(O)CNCP(=O)([O-])O. The summed E-state index contributed by atoms with van der Waals surface area (Å²) in [6.45, 7) is -5.97. The predicted octanol–water partition coefficient (Wildman–Crippen LogP) is 3.44. The number of methoxy groups -OCH3 is 3. The lowest BCUT2D eigenvalue weighted by Gasteiger charge is -2.15. The number of thioether (sulfide) groups is 1. The van der Waals surface area contributed by atoms with Crippen LogP contribution in [0.15, 0.2) is 91.5 Å². The van der Waals surface area contributed by atoms with E-state index in [0.29, 0.717) is 39.7 Å². The Bertz CT molecular complexity index is 4120. The van der Waals surface area contributed by atoms with Crippen LogP contribution in [0.4, 0.5) is 49.1 Å². The minimum Gasteiger partial charge on any atom is -0.778 e. The molecule has 0 radical (unpaired) electrons. The fraction of sp³-hybridized carbons (Fsp3) is 0.340. The van der Waals surface area contributed by atoms with Crippen LogP contribution in [0.3, 0.4) is 0 Å². The van der Waals surface area contributed by atoms with Gasteiger partial charge in [0.1, 0.15) is 24.0 Å². The number of rotatable bonds is 22. The Morgan fingerprint density at radius 1 is 0.804 bits per heavy atom. The molecule has 5 amide bonds. The number of hydrogen-bond acceptors (Lipinski definition) is 27. The smallest absolute Gasteiger partial charge is 0.388 e. The molecular weight excluding hydrogens is 1450 g/mol. The van der Waals surface area contributed by atoms with E-state index in [9.17, 15) is 81.8 Å². The summed E-state index contributed by atoms with van der Waals surface area (Å²) in [6.07, 6.45) is 8.96. The van der Waals surface area contributed by atoms with Crippen molar-refractivity contribution in [3.05, 3.63) is 103 Å². The van der Waals surface area contributed by atoms with Crippen molar-refractivity contribution in [3.8, 4) is 23.5 Å². The molecule has 97 heavy (non-hydrogen) atoms. The summed E-state index contributed by atoms with van der Waals surface area (Å²) in [7, 11) is -5.97. The van der Waals surface area contributed by atoms with Gasteiger partial charge >= 0.3 is 48.1 Å². The number of aromatic nitrogens is 7. The number of hydrogen-bond donors (Lipinski definition) is 8. The van der Waals surface area contributed by atoms with Crippen LogP contribution in [0.1, 0.15) is 33.6 Å². The molecule has 6 aromatic rings. The molecule has 2 aromatic carbocycles. The maximum absolute atomic E-state index is 14.3. The number of esters is 1. The monoisotopic (exact) mass is 1510 g/mol. The van der Waals surface area contributed by atoms with Crippen molar-refractivity contribution in [1.82, 2.24) is 53.9 Å². The number of carboxylic acid groups (broad SMARTS) is 2. The Kier molecular flexibility index (Phi) is 33.0. The summed E-state index contributed by atoms with van der Waals surface area (Å²) in [5, 5.41) is 22.5. The first-order valence-electron chi connectivity index (χ1n) is 26.2. The number of aliphatic carboxylic acids is 1. The average Bonchev–Trinajstić information content (AvgIpc) is 1.74. The molecule has 1 aliphatic rings. The number of benzene rings is 2. The van der Waals surface area contributed by atoms with Crippen LogP contribution < -0.4 is 58.9 Å². The summed E-state index contributed by atoms with van der Waals surface area (Å²) in [4.78, 5) is 122. The molecule has 0 fully saturated rings. The Morgan fingerprint density at radius 2 is 1.31 bits per heavy atom. The van der Waals surface area contributed by atoms with E-state index in [1.807, 2.05) is 5.32 Å². The topological polar surface area (TPSA) is 485 Å². The largest absolute Gasteiger partial charge is 0.778 e. The van der Waals surface area contributed by atoms with Gasteiger partial charge in [-0.15, -0.1) is 11.8 Å². The number of alkyl halides is 4. The number of nitrogens with zero attached hydrogens (tertiary/aromatic N) is 9. The second kappa shape index (κ2) is 38.8. The van der Waals surface area contributed by atoms with Gasteiger partial charge in [0, 0.05) is 38.3 Å². The first kappa shape index (κ1) is 82.4. The van der Waals surface area contributed by atoms with Gasteiger partial charge in [-0.1, -0.05) is 23.7 Å². The summed E-state index contributed by atoms with van der Waals surface area (Å²) in [6, 6.07) is 8.77. The number of halogens is 6. The third-order valence-corrected chi connectivity index (χ3v) is 16.1. The van der Waals surface area contributed by atoms with E-state index in [1.165, 1.54) is 87.6 Å². The van der Waals surface area contributed by atoms with Crippen LogP contribution in [-0.4, -0.2) is 193 Å². The fourth-order valence-electron chi connectivity index (χ4n) is 6.65. The standard InChI is InChI=1S/C15H15ClFN3O3S2.C15H18N6O6S.C14H10F4N4O7S.C3H8NO5P.C3H9S/c1-23-13(21)8-24-12-7-11(10(17)6-9(12)16)18-14-19-4-2-3-5-20(19)15(22)25-14;1-21(2)13(22)9-6-5-7-16-12(9)28(24,25)20-15(23)19-14-17-10(26-3)8-11(18-14)27-4;15-11(16)28-8-5-9(29-12(17)18)20-13(19-8)21-14(25)22-30(26,27)7-4-2-1-3-6(7)10(23)24;5-3(6)1-4-2-10(7,8)9;1-4(2)3/h6-7H,2-5,8H2,1H3;5-8H,1-4H3,(H2,17,18,19,20,23);1-5,11-12H,(H,23,24)(H2,19,20,21,22,25);4H,1-2H2,(H,5,6)(H2,7,8,9);1-3H3/q;;;;+1/p-1/b18-14-;;;;. The quantitative estimate of drug-likeness (QED) is 0.0159. The van der Waals surface area contributed by atoms with Gasteiger partial charge in [-0.25, -0.2) is 51.3 Å². The number of urea groups is 2. The molecule has 8 N–H and O–H groups in total. The number of anilines is 2. The van der Waals surface area contributed by atoms with Crippen molar-refractivity contribution in [3.63, 3.8) is 0 Å². The highest BCUT2D eigenvalue weighted by Crippen LogP contribution is 2.33. The Balaban J connectivity index is 0.000000345. The molecule has 1 unspecified atom stereocenters. The van der Waals surface area contributed by atoms with E-state index in [2.05, 4.69) is 68.2 Å². The first-order chi connectivity index (χ1) is 45.3. The Hall–Kier alpha value is -8.82. The maximum Gasteiger partial charge on any atom is 0.388 e. The van der Waals surface area contributed by atoms with Crippen LogP contribution in [0.2, 0.25) is 5.02 Å². The van der Waals surface area contributed by atoms with Gasteiger partial charge in [0.25, 0.3) is 26.0 Å². The van der Waals surface area contributed by atoms with Crippen molar-refractivity contribution in [1.29, 1.82) is 0 Å². The predicted molar refractivity (Wildman–Crippen MR) is 335 cm³/mol. The van der Waals surface area contributed by atoms with Crippen LogP contribution in [-0.2, 0) is 62.9 Å². The second-order valence-electron chi connectivity index (χ2n) is 18.5. The highest BCUT2D eigenvalue weighted by atomic mass is 35.5. The third-order valence-electron chi connectivity index (χ3n) is 10.4. The third kappa shape index (κ3) is 28.8. The summed E-state index contributed by atoms with van der Waals surface area (Å²) >= 11 is 8.17. The van der Waals surface area contributed by atoms with Gasteiger partial charge in [-0.3, -0.25) is 39.8 Å². The van der Waals surface area contributed by atoms with Crippen molar-refractivity contribution in [2.24, 2.45) is 4.99 Å².